The minimum absolute atomic E-state index is 0.243. The van der Waals surface area contributed by atoms with Crippen molar-refractivity contribution >= 4 is 28.8 Å². The Morgan fingerprint density at radius 2 is 1.95 bits per heavy atom. The van der Waals surface area contributed by atoms with Gasteiger partial charge in [0.2, 0.25) is 0 Å². The van der Waals surface area contributed by atoms with Crippen LogP contribution in [0.1, 0.15) is 11.1 Å². The molecule has 2 aromatic rings. The van der Waals surface area contributed by atoms with Crippen molar-refractivity contribution in [2.45, 2.75) is 0 Å². The predicted molar refractivity (Wildman–Crippen MR) is 82.8 cm³/mol. The van der Waals surface area contributed by atoms with Crippen LogP contribution in [0.2, 0.25) is 5.02 Å². The van der Waals surface area contributed by atoms with Crippen molar-refractivity contribution in [2.75, 3.05) is 6.54 Å². The Morgan fingerprint density at radius 3 is 2.71 bits per heavy atom. The molecule has 0 amide bonds. The summed E-state index contributed by atoms with van der Waals surface area (Å²) in [5.41, 5.74) is 4.78. The van der Waals surface area contributed by atoms with E-state index in [1.807, 2.05) is 0 Å². The van der Waals surface area contributed by atoms with Crippen LogP contribution >= 0.6 is 11.6 Å². The molecular weight excluding hydrogens is 291 g/mol. The van der Waals surface area contributed by atoms with Crippen LogP contribution in [0.3, 0.4) is 0 Å². The van der Waals surface area contributed by atoms with Gasteiger partial charge in [-0.3, -0.25) is 4.99 Å². The van der Waals surface area contributed by atoms with Crippen LogP contribution in [0.15, 0.2) is 52.4 Å². The van der Waals surface area contributed by atoms with Gasteiger partial charge in [-0.25, -0.2) is 15.2 Å². The summed E-state index contributed by atoms with van der Waals surface area (Å²) in [4.78, 5) is 8.82. The Bertz CT molecular complexity index is 755. The molecule has 4 nitrogen and oxygen atoms in total. The Labute approximate surface area is 126 Å². The fourth-order valence-corrected chi connectivity index (χ4v) is 2.35. The molecule has 2 aromatic carbocycles. The van der Waals surface area contributed by atoms with E-state index in [0.717, 1.165) is 5.56 Å². The van der Waals surface area contributed by atoms with Crippen LogP contribution in [-0.4, -0.2) is 18.1 Å². The number of hydrazine groups is 1. The predicted octanol–water partition coefficient (Wildman–Crippen LogP) is 2.82. The lowest BCUT2D eigenvalue weighted by Crippen LogP contribution is -2.32. The van der Waals surface area contributed by atoms with Gasteiger partial charge in [0.25, 0.3) is 0 Å². The van der Waals surface area contributed by atoms with Crippen molar-refractivity contribution < 1.29 is 4.39 Å². The number of hydrogen-bond acceptors (Lipinski definition) is 4. The molecule has 1 aliphatic heterocycles. The summed E-state index contributed by atoms with van der Waals surface area (Å²) in [5, 5.41) is 0.545. The average molecular weight is 303 g/mol. The van der Waals surface area contributed by atoms with Crippen LogP contribution in [0.25, 0.3) is 0 Å². The van der Waals surface area contributed by atoms with E-state index in [1.54, 1.807) is 36.4 Å². The quantitative estimate of drug-likeness (QED) is 0.628. The van der Waals surface area contributed by atoms with Crippen molar-refractivity contribution in [1.82, 2.24) is 5.43 Å². The third kappa shape index (κ3) is 2.66. The zero-order valence-electron chi connectivity index (χ0n) is 11.0. The van der Waals surface area contributed by atoms with E-state index in [0.29, 0.717) is 27.8 Å². The molecule has 0 radical (unpaired) electrons. The Morgan fingerprint density at radius 1 is 1.14 bits per heavy atom. The van der Waals surface area contributed by atoms with E-state index < -0.39 is 0 Å². The normalized spacial score (nSPS) is 13.9. The maximum absolute atomic E-state index is 14.1. The second-order valence-corrected chi connectivity index (χ2v) is 4.95. The first-order valence-corrected chi connectivity index (χ1v) is 6.70. The van der Waals surface area contributed by atoms with Gasteiger partial charge < -0.3 is 5.43 Å². The lowest BCUT2D eigenvalue weighted by atomic mass is 10.0. The van der Waals surface area contributed by atoms with Gasteiger partial charge in [0.05, 0.1) is 17.9 Å². The largest absolute Gasteiger partial charge is 0.310 e. The van der Waals surface area contributed by atoms with Gasteiger partial charge in [-0.1, -0.05) is 23.7 Å². The molecule has 6 heteroatoms. The van der Waals surface area contributed by atoms with Crippen molar-refractivity contribution in [3.05, 3.63) is 64.4 Å². The molecule has 0 atom stereocenters. The Hall–Kier alpha value is -2.24. The fraction of sp³-hybridized carbons (Fsp3) is 0.0667. The van der Waals surface area contributed by atoms with Gasteiger partial charge in [0.15, 0.2) is 0 Å². The van der Waals surface area contributed by atoms with E-state index >= 15 is 0 Å². The molecule has 0 unspecified atom stereocenters. The summed E-state index contributed by atoms with van der Waals surface area (Å²) in [6.45, 7) is 0.243. The van der Waals surface area contributed by atoms with Crippen molar-refractivity contribution in [3.8, 4) is 0 Å². The van der Waals surface area contributed by atoms with Crippen LogP contribution in [0.4, 0.5) is 10.1 Å². The smallest absolute Gasteiger partial charge is 0.138 e. The van der Waals surface area contributed by atoms with Crippen molar-refractivity contribution in [2.24, 2.45) is 15.8 Å². The van der Waals surface area contributed by atoms with Gasteiger partial charge in [0.1, 0.15) is 11.7 Å². The number of hydrogen-bond donors (Lipinski definition) is 2. The first kappa shape index (κ1) is 13.7. The molecular formula is C15H12ClFN4. The number of rotatable bonds is 1. The monoisotopic (exact) mass is 302 g/mol. The average Bonchev–Trinajstić information content (AvgIpc) is 2.66. The number of fused-ring (bicyclic) bond motifs is 1. The SMILES string of the molecule is NNC1=Nc2cc(Cl)ccc2C(c2ccccc2F)=NC1. The molecule has 1 heterocycles. The molecule has 21 heavy (non-hydrogen) atoms. The molecule has 106 valence electrons. The molecule has 0 spiro atoms. The van der Waals surface area contributed by atoms with Crippen LogP contribution in [-0.2, 0) is 0 Å². The van der Waals surface area contributed by atoms with Crippen molar-refractivity contribution in [3.63, 3.8) is 0 Å². The number of benzene rings is 2. The minimum Gasteiger partial charge on any atom is -0.310 e. The van der Waals surface area contributed by atoms with Gasteiger partial charge in [-0.2, -0.15) is 0 Å². The van der Waals surface area contributed by atoms with E-state index in [2.05, 4.69) is 15.4 Å². The van der Waals surface area contributed by atoms with E-state index in [-0.39, 0.29) is 12.4 Å². The highest BCUT2D eigenvalue weighted by atomic mass is 35.5. The number of aliphatic imine (C=N–C) groups is 2. The molecule has 0 saturated carbocycles. The van der Waals surface area contributed by atoms with Crippen molar-refractivity contribution in [1.29, 1.82) is 0 Å². The van der Waals surface area contributed by atoms with Gasteiger partial charge >= 0.3 is 0 Å². The molecule has 0 fully saturated rings. The maximum Gasteiger partial charge on any atom is 0.138 e. The molecule has 0 aliphatic carbocycles. The van der Waals surface area contributed by atoms with E-state index in [4.69, 9.17) is 17.4 Å². The number of nitrogens with two attached hydrogens (primary N) is 1. The maximum atomic E-state index is 14.1. The number of nitrogens with one attached hydrogen (secondary N) is 1. The van der Waals surface area contributed by atoms with Crippen LogP contribution in [0, 0.1) is 5.82 Å². The molecule has 0 aromatic heterocycles. The first-order valence-electron chi connectivity index (χ1n) is 6.32. The third-order valence-corrected chi connectivity index (χ3v) is 3.39. The molecule has 1 aliphatic rings. The third-order valence-electron chi connectivity index (χ3n) is 3.15. The number of amidine groups is 1. The topological polar surface area (TPSA) is 62.8 Å². The lowest BCUT2D eigenvalue weighted by molar-refractivity contribution is 0.625. The standard InChI is InChI=1S/C15H12ClFN4/c16-9-5-6-11-13(7-9)20-14(21-18)8-19-15(11)10-3-1-2-4-12(10)17/h1-7H,8,18H2,(H,20,21). The Kier molecular flexibility index (Phi) is 3.68. The molecule has 3 rings (SSSR count). The minimum atomic E-state index is -0.332. The highest BCUT2D eigenvalue weighted by molar-refractivity contribution is 6.31. The second-order valence-electron chi connectivity index (χ2n) is 4.51. The second kappa shape index (κ2) is 5.63. The zero-order chi connectivity index (χ0) is 14.8. The summed E-state index contributed by atoms with van der Waals surface area (Å²) >= 11 is 6.01. The molecule has 3 N–H and O–H groups in total. The highest BCUT2D eigenvalue weighted by Gasteiger charge is 2.18. The summed E-state index contributed by atoms with van der Waals surface area (Å²) in [6, 6.07) is 11.7. The summed E-state index contributed by atoms with van der Waals surface area (Å²) < 4.78 is 14.1. The van der Waals surface area contributed by atoms with Gasteiger partial charge in [-0.15, -0.1) is 0 Å². The lowest BCUT2D eigenvalue weighted by Gasteiger charge is -2.09. The molecule has 0 bridgehead atoms. The fourth-order valence-electron chi connectivity index (χ4n) is 2.18. The highest BCUT2D eigenvalue weighted by Crippen LogP contribution is 2.29. The van der Waals surface area contributed by atoms with Crippen LogP contribution in [0.5, 0.6) is 0 Å². The molecule has 0 saturated heterocycles. The summed E-state index contributed by atoms with van der Waals surface area (Å²) in [7, 11) is 0. The number of halogens is 2. The van der Waals surface area contributed by atoms with Gasteiger partial charge in [-0.05, 0) is 30.3 Å². The van der Waals surface area contributed by atoms with Crippen LogP contribution < -0.4 is 11.3 Å². The Balaban J connectivity index is 2.21. The summed E-state index contributed by atoms with van der Waals surface area (Å²) in [6.07, 6.45) is 0. The van der Waals surface area contributed by atoms with E-state index in [1.165, 1.54) is 6.07 Å². The van der Waals surface area contributed by atoms with Gasteiger partial charge in [0, 0.05) is 16.1 Å². The number of nitrogens with zero attached hydrogens (tertiary/aromatic N) is 2. The zero-order valence-corrected chi connectivity index (χ0v) is 11.7. The first-order chi connectivity index (χ1) is 10.2. The summed E-state index contributed by atoms with van der Waals surface area (Å²) in [5.74, 6) is 5.58. The van der Waals surface area contributed by atoms with E-state index in [9.17, 15) is 4.39 Å².